The summed E-state index contributed by atoms with van der Waals surface area (Å²) in [5.41, 5.74) is 8.96. The first-order valence-corrected chi connectivity index (χ1v) is 11.1. The van der Waals surface area contributed by atoms with Crippen molar-refractivity contribution in [3.63, 3.8) is 0 Å². The van der Waals surface area contributed by atoms with Crippen LogP contribution in [0.1, 0.15) is 51.9 Å². The highest BCUT2D eigenvalue weighted by molar-refractivity contribution is 5.39. The number of hydrogen-bond acceptors (Lipinski definition) is 4. The molecule has 0 saturated heterocycles. The number of ether oxygens (including phenoxy) is 2. The normalized spacial score (nSPS) is 33.5. The lowest BCUT2D eigenvalue weighted by molar-refractivity contribution is 0.178. The molecule has 1 unspecified atom stereocenters. The molecule has 0 aliphatic heterocycles. The zero-order chi connectivity index (χ0) is 21.4. The molecule has 3 aliphatic rings. The summed E-state index contributed by atoms with van der Waals surface area (Å²) in [5.74, 6) is 0.957. The van der Waals surface area contributed by atoms with E-state index in [0.717, 1.165) is 44.9 Å². The van der Waals surface area contributed by atoms with E-state index in [0.29, 0.717) is 18.4 Å². The molecule has 3 N–H and O–H groups in total. The Kier molecular flexibility index (Phi) is 5.95. The van der Waals surface area contributed by atoms with Crippen molar-refractivity contribution >= 4 is 0 Å². The number of rotatable bonds is 6. The van der Waals surface area contributed by atoms with Crippen LogP contribution in [0.2, 0.25) is 0 Å². The van der Waals surface area contributed by atoms with Crippen molar-refractivity contribution in [2.75, 3.05) is 20.3 Å². The van der Waals surface area contributed by atoms with Crippen molar-refractivity contribution in [2.24, 2.45) is 23.0 Å². The van der Waals surface area contributed by atoms with E-state index in [-0.39, 0.29) is 23.5 Å². The summed E-state index contributed by atoms with van der Waals surface area (Å²) in [6.45, 7) is 2.94. The van der Waals surface area contributed by atoms with Crippen molar-refractivity contribution < 1.29 is 19.0 Å². The second-order valence-corrected chi connectivity index (χ2v) is 9.76. The fraction of sp³-hybridized carbons (Fsp3) is 0.600. The monoisotopic (exact) mass is 415 g/mol. The van der Waals surface area contributed by atoms with E-state index < -0.39 is 11.4 Å². The molecule has 1 aromatic rings. The van der Waals surface area contributed by atoms with Crippen molar-refractivity contribution in [1.29, 1.82) is 0 Å². The molecule has 0 bridgehead atoms. The summed E-state index contributed by atoms with van der Waals surface area (Å²) in [5, 5.41) is 9.63. The molecular weight excluding hydrogens is 381 g/mol. The maximum Gasteiger partial charge on any atom is 0.206 e. The highest BCUT2D eigenvalue weighted by atomic mass is 19.1. The second-order valence-electron chi connectivity index (χ2n) is 9.76. The van der Waals surface area contributed by atoms with Gasteiger partial charge >= 0.3 is 0 Å². The van der Waals surface area contributed by atoms with Crippen LogP contribution in [0.5, 0.6) is 11.5 Å². The second kappa shape index (κ2) is 8.35. The SMILES string of the molecule is COc1cccc(OC[C@@H]2CCC3=CC(C)([C@H]4CC[C@](N)(CO)C4)CC=C3C2)c1F. The summed E-state index contributed by atoms with van der Waals surface area (Å²) in [6.07, 6.45) is 11.9. The van der Waals surface area contributed by atoms with Crippen LogP contribution in [0.15, 0.2) is 41.5 Å². The first-order valence-electron chi connectivity index (χ1n) is 11.1. The van der Waals surface area contributed by atoms with E-state index in [2.05, 4.69) is 19.1 Å². The van der Waals surface area contributed by atoms with E-state index >= 15 is 0 Å². The molecular formula is C25H34FNO3. The minimum absolute atomic E-state index is 0.0762. The van der Waals surface area contributed by atoms with Crippen LogP contribution < -0.4 is 15.2 Å². The van der Waals surface area contributed by atoms with Gasteiger partial charge in [0.25, 0.3) is 0 Å². The largest absolute Gasteiger partial charge is 0.494 e. The summed E-state index contributed by atoms with van der Waals surface area (Å²) in [6, 6.07) is 5.01. The van der Waals surface area contributed by atoms with Gasteiger partial charge in [0, 0.05) is 5.54 Å². The van der Waals surface area contributed by atoms with Crippen LogP contribution in [-0.4, -0.2) is 31.0 Å². The van der Waals surface area contributed by atoms with Gasteiger partial charge in [0.15, 0.2) is 11.5 Å². The Labute approximate surface area is 178 Å². The molecule has 0 radical (unpaired) electrons. The number of fused-ring (bicyclic) bond motifs is 1. The number of methoxy groups -OCH3 is 1. The predicted octanol–water partition coefficient (Wildman–Crippen LogP) is 4.77. The highest BCUT2D eigenvalue weighted by Crippen LogP contribution is 2.51. The van der Waals surface area contributed by atoms with Gasteiger partial charge < -0.3 is 20.3 Å². The average molecular weight is 416 g/mol. The van der Waals surface area contributed by atoms with E-state index in [4.69, 9.17) is 15.2 Å². The number of halogens is 1. The Morgan fingerprint density at radius 1 is 1.23 bits per heavy atom. The van der Waals surface area contributed by atoms with Crippen LogP contribution in [0, 0.1) is 23.1 Å². The van der Waals surface area contributed by atoms with Crippen molar-refractivity contribution in [3.05, 3.63) is 47.3 Å². The molecule has 2 fully saturated rings. The lowest BCUT2D eigenvalue weighted by Gasteiger charge is -2.39. The van der Waals surface area contributed by atoms with E-state index in [1.165, 1.54) is 18.3 Å². The third-order valence-electron chi connectivity index (χ3n) is 7.55. The number of benzene rings is 1. The summed E-state index contributed by atoms with van der Waals surface area (Å²) < 4.78 is 25.2. The van der Waals surface area contributed by atoms with Crippen molar-refractivity contribution in [1.82, 2.24) is 0 Å². The predicted molar refractivity (Wildman–Crippen MR) is 116 cm³/mol. The smallest absolute Gasteiger partial charge is 0.206 e. The van der Waals surface area contributed by atoms with E-state index in [1.807, 2.05) is 0 Å². The molecule has 4 rings (SSSR count). The Morgan fingerprint density at radius 2 is 2.03 bits per heavy atom. The van der Waals surface area contributed by atoms with E-state index in [9.17, 15) is 9.50 Å². The van der Waals surface area contributed by atoms with Crippen LogP contribution in [0.4, 0.5) is 4.39 Å². The highest BCUT2D eigenvalue weighted by Gasteiger charge is 2.44. The van der Waals surface area contributed by atoms with Gasteiger partial charge in [0.1, 0.15) is 0 Å². The molecule has 4 atom stereocenters. The van der Waals surface area contributed by atoms with Crippen LogP contribution in [0.25, 0.3) is 0 Å². The fourth-order valence-electron chi connectivity index (χ4n) is 5.50. The lowest BCUT2D eigenvalue weighted by Crippen LogP contribution is -2.42. The number of nitrogens with two attached hydrogens (primary N) is 1. The molecule has 1 aromatic carbocycles. The van der Waals surface area contributed by atoms with Gasteiger partial charge in [-0.05, 0) is 85.5 Å². The number of allylic oxidation sites excluding steroid dienone is 4. The van der Waals surface area contributed by atoms with Gasteiger partial charge in [-0.15, -0.1) is 0 Å². The molecule has 0 spiro atoms. The standard InChI is InChI=1S/C25H34FNO3/c1-24(20-9-11-25(27,14-20)16-28)10-8-18-12-17(6-7-19(18)13-24)15-30-22-5-3-4-21(29-2)23(22)26/h3-5,8,13,17,20,28H,6-7,9-12,14-16,27H2,1-2H3/t17-,20+,24?,25-/m1/s1. The summed E-state index contributed by atoms with van der Waals surface area (Å²) in [4.78, 5) is 0. The Morgan fingerprint density at radius 3 is 2.77 bits per heavy atom. The molecule has 0 amide bonds. The first-order chi connectivity index (χ1) is 14.4. The zero-order valence-electron chi connectivity index (χ0n) is 18.1. The number of aliphatic hydroxyl groups excluding tert-OH is 1. The summed E-state index contributed by atoms with van der Waals surface area (Å²) >= 11 is 0. The number of hydrogen-bond donors (Lipinski definition) is 2. The van der Waals surface area contributed by atoms with Gasteiger partial charge in [-0.1, -0.05) is 25.1 Å². The summed E-state index contributed by atoms with van der Waals surface area (Å²) in [7, 11) is 1.46. The molecule has 5 heteroatoms. The molecule has 4 nitrogen and oxygen atoms in total. The number of aliphatic hydroxyl groups is 1. The average Bonchev–Trinajstić information content (AvgIpc) is 3.17. The van der Waals surface area contributed by atoms with Crippen LogP contribution >= 0.6 is 0 Å². The van der Waals surface area contributed by atoms with Gasteiger partial charge in [0.2, 0.25) is 5.82 Å². The Balaban J connectivity index is 1.37. The Bertz CT molecular complexity index is 851. The van der Waals surface area contributed by atoms with Gasteiger partial charge in [-0.25, -0.2) is 0 Å². The fourth-order valence-corrected chi connectivity index (χ4v) is 5.50. The lowest BCUT2D eigenvalue weighted by atomic mass is 9.66. The zero-order valence-corrected chi connectivity index (χ0v) is 18.1. The maximum atomic E-state index is 14.3. The molecule has 0 aromatic heterocycles. The quantitative estimate of drug-likeness (QED) is 0.703. The minimum atomic E-state index is -0.431. The molecule has 2 saturated carbocycles. The molecule has 3 aliphatic carbocycles. The van der Waals surface area contributed by atoms with Crippen molar-refractivity contribution in [2.45, 2.75) is 57.4 Å². The van der Waals surface area contributed by atoms with Crippen LogP contribution in [-0.2, 0) is 0 Å². The first kappa shape index (κ1) is 21.4. The molecule has 0 heterocycles. The topological polar surface area (TPSA) is 64.7 Å². The van der Waals surface area contributed by atoms with E-state index in [1.54, 1.807) is 18.2 Å². The van der Waals surface area contributed by atoms with Crippen LogP contribution in [0.3, 0.4) is 0 Å². The molecule has 164 valence electrons. The Hall–Kier alpha value is -1.85. The third kappa shape index (κ3) is 4.15. The minimum Gasteiger partial charge on any atom is -0.494 e. The molecule has 30 heavy (non-hydrogen) atoms. The van der Waals surface area contributed by atoms with Gasteiger partial charge in [-0.2, -0.15) is 4.39 Å². The van der Waals surface area contributed by atoms with Gasteiger partial charge in [-0.3, -0.25) is 0 Å². The van der Waals surface area contributed by atoms with Crippen molar-refractivity contribution in [3.8, 4) is 11.5 Å². The third-order valence-corrected chi connectivity index (χ3v) is 7.55. The maximum absolute atomic E-state index is 14.3. The van der Waals surface area contributed by atoms with Gasteiger partial charge in [0.05, 0.1) is 20.3 Å².